The quantitative estimate of drug-likeness (QED) is 0.424. The number of carboxylic acid groups (broad SMARTS) is 1. The van der Waals surface area contributed by atoms with Crippen molar-refractivity contribution in [3.8, 4) is 16.9 Å². The first kappa shape index (κ1) is 23.8. The van der Waals surface area contributed by atoms with E-state index in [4.69, 9.17) is 4.74 Å². The number of ether oxygens (including phenoxy) is 1. The molecule has 0 aliphatic heterocycles. The Labute approximate surface area is 192 Å². The molecule has 1 atom stereocenters. The molecule has 2 amide bonds. The van der Waals surface area contributed by atoms with Gasteiger partial charge < -0.3 is 20.5 Å². The lowest BCUT2D eigenvalue weighted by atomic mass is 9.87. The van der Waals surface area contributed by atoms with Crippen LogP contribution in [0.1, 0.15) is 36.1 Å². The van der Waals surface area contributed by atoms with Gasteiger partial charge in [0.2, 0.25) is 0 Å². The van der Waals surface area contributed by atoms with Gasteiger partial charge in [-0.05, 0) is 23.1 Å². The van der Waals surface area contributed by atoms with E-state index >= 15 is 4.39 Å². The van der Waals surface area contributed by atoms with Gasteiger partial charge >= 0.3 is 12.0 Å². The highest BCUT2D eigenvalue weighted by molar-refractivity contribution is 5.81. The Hall–Kier alpha value is -3.87. The fourth-order valence-electron chi connectivity index (χ4n) is 3.83. The van der Waals surface area contributed by atoms with Crippen molar-refractivity contribution in [2.24, 2.45) is 0 Å². The van der Waals surface area contributed by atoms with Gasteiger partial charge in [-0.3, -0.25) is 4.79 Å². The zero-order valence-electron chi connectivity index (χ0n) is 18.6. The number of hydrogen-bond donors (Lipinski definition) is 3. The third kappa shape index (κ3) is 5.88. The van der Waals surface area contributed by atoms with Gasteiger partial charge in [-0.25, -0.2) is 9.18 Å². The van der Waals surface area contributed by atoms with Crippen molar-refractivity contribution in [3.05, 3.63) is 89.2 Å². The van der Waals surface area contributed by atoms with Gasteiger partial charge in [0, 0.05) is 23.7 Å². The molecule has 1 unspecified atom stereocenters. The van der Waals surface area contributed by atoms with Crippen LogP contribution >= 0.6 is 0 Å². The van der Waals surface area contributed by atoms with Crippen LogP contribution in [0.2, 0.25) is 0 Å². The summed E-state index contributed by atoms with van der Waals surface area (Å²) in [5.41, 5.74) is 2.66. The number of benzene rings is 3. The molecule has 0 aliphatic carbocycles. The molecule has 172 valence electrons. The number of hydrogen-bond acceptors (Lipinski definition) is 3. The number of urea groups is 1. The van der Waals surface area contributed by atoms with E-state index in [1.807, 2.05) is 67.6 Å². The molecular weight excluding hydrogens is 423 g/mol. The van der Waals surface area contributed by atoms with Crippen molar-refractivity contribution >= 4 is 12.0 Å². The molecule has 0 spiro atoms. The molecule has 3 aromatic carbocycles. The first-order valence-corrected chi connectivity index (χ1v) is 10.7. The Bertz CT molecular complexity index is 1100. The van der Waals surface area contributed by atoms with Crippen molar-refractivity contribution in [2.45, 2.75) is 32.4 Å². The van der Waals surface area contributed by atoms with Crippen LogP contribution in [0.5, 0.6) is 5.75 Å². The predicted molar refractivity (Wildman–Crippen MR) is 125 cm³/mol. The molecule has 7 heteroatoms. The van der Waals surface area contributed by atoms with Crippen LogP contribution in [-0.2, 0) is 17.8 Å². The first-order chi connectivity index (χ1) is 15.9. The summed E-state index contributed by atoms with van der Waals surface area (Å²) in [6.07, 6.45) is -0.105. The molecule has 0 aromatic heterocycles. The number of methoxy groups -OCH3 is 1. The number of halogens is 1. The molecule has 3 N–H and O–H groups in total. The van der Waals surface area contributed by atoms with Crippen LogP contribution < -0.4 is 15.4 Å². The molecule has 0 fully saturated rings. The second-order valence-corrected chi connectivity index (χ2v) is 7.54. The Morgan fingerprint density at radius 3 is 2.27 bits per heavy atom. The molecule has 3 rings (SSSR count). The normalized spacial score (nSPS) is 11.5. The highest BCUT2D eigenvalue weighted by atomic mass is 19.1. The minimum atomic E-state index is -1.16. The molecule has 0 saturated carbocycles. The fraction of sp³-hybridized carbons (Fsp3) is 0.231. The predicted octanol–water partition coefficient (Wildman–Crippen LogP) is 5.08. The van der Waals surface area contributed by atoms with Crippen molar-refractivity contribution in [3.63, 3.8) is 0 Å². The summed E-state index contributed by atoms with van der Waals surface area (Å²) >= 11 is 0. The van der Waals surface area contributed by atoms with E-state index < -0.39 is 30.3 Å². The van der Waals surface area contributed by atoms with Crippen molar-refractivity contribution < 1.29 is 23.8 Å². The smallest absolute Gasteiger partial charge is 0.315 e. The van der Waals surface area contributed by atoms with Gasteiger partial charge in [0.1, 0.15) is 11.6 Å². The minimum absolute atomic E-state index is 0.0253. The summed E-state index contributed by atoms with van der Waals surface area (Å²) in [5.74, 6) is -1.58. The summed E-state index contributed by atoms with van der Waals surface area (Å²) in [6.45, 7) is 2.17. The molecule has 0 heterocycles. The van der Waals surface area contributed by atoms with E-state index in [0.29, 0.717) is 24.1 Å². The topological polar surface area (TPSA) is 87.7 Å². The van der Waals surface area contributed by atoms with Crippen LogP contribution in [0.25, 0.3) is 11.1 Å². The molecule has 0 radical (unpaired) electrons. The molecule has 6 nitrogen and oxygen atoms in total. The van der Waals surface area contributed by atoms with E-state index in [9.17, 15) is 14.7 Å². The minimum Gasteiger partial charge on any atom is -0.496 e. The Kier molecular flexibility index (Phi) is 8.02. The summed E-state index contributed by atoms with van der Waals surface area (Å²) in [5, 5.41) is 15.1. The number of aliphatic carboxylic acids is 1. The van der Waals surface area contributed by atoms with E-state index in [1.54, 1.807) is 0 Å². The molecule has 33 heavy (non-hydrogen) atoms. The van der Waals surface area contributed by atoms with Crippen LogP contribution in [0.15, 0.2) is 66.7 Å². The Balaban J connectivity index is 2.03. The molecule has 3 aromatic rings. The lowest BCUT2D eigenvalue weighted by Crippen LogP contribution is -2.38. The van der Waals surface area contributed by atoms with Gasteiger partial charge in [-0.15, -0.1) is 0 Å². The van der Waals surface area contributed by atoms with E-state index in [-0.39, 0.29) is 11.3 Å². The Morgan fingerprint density at radius 2 is 1.70 bits per heavy atom. The third-order valence-electron chi connectivity index (χ3n) is 5.36. The summed E-state index contributed by atoms with van der Waals surface area (Å²) in [7, 11) is 1.43. The second kappa shape index (κ2) is 11.1. The zero-order chi connectivity index (χ0) is 23.8. The van der Waals surface area contributed by atoms with Crippen molar-refractivity contribution in [2.75, 3.05) is 7.11 Å². The molecular formula is C26H27FN2O4. The molecule has 0 saturated heterocycles. The summed E-state index contributed by atoms with van der Waals surface area (Å²) in [4.78, 5) is 24.3. The van der Waals surface area contributed by atoms with Crippen LogP contribution in [0.4, 0.5) is 9.18 Å². The molecule has 0 aliphatic rings. The van der Waals surface area contributed by atoms with Gasteiger partial charge in [0.25, 0.3) is 0 Å². The van der Waals surface area contributed by atoms with E-state index in [0.717, 1.165) is 11.1 Å². The maximum atomic E-state index is 15.1. The van der Waals surface area contributed by atoms with E-state index in [2.05, 4.69) is 10.6 Å². The average Bonchev–Trinajstić information content (AvgIpc) is 2.83. The summed E-state index contributed by atoms with van der Waals surface area (Å²) in [6, 6.07) is 18.8. The highest BCUT2D eigenvalue weighted by Gasteiger charge is 2.27. The first-order valence-electron chi connectivity index (χ1n) is 10.7. The third-order valence-corrected chi connectivity index (χ3v) is 5.36. The average molecular weight is 451 g/mol. The number of carbonyl (C=O) groups excluding carboxylic acids is 1. The summed E-state index contributed by atoms with van der Waals surface area (Å²) < 4.78 is 20.6. The van der Waals surface area contributed by atoms with Gasteiger partial charge in [0.15, 0.2) is 0 Å². The Morgan fingerprint density at radius 1 is 1.06 bits per heavy atom. The van der Waals surface area contributed by atoms with Crippen molar-refractivity contribution in [1.82, 2.24) is 10.6 Å². The van der Waals surface area contributed by atoms with Gasteiger partial charge in [-0.1, -0.05) is 67.6 Å². The SMILES string of the molecule is CCC(NC(=O)NCc1ccccc1)c1c(CC(=O)O)c(F)cc(OC)c1-c1ccccc1. The maximum absolute atomic E-state index is 15.1. The van der Waals surface area contributed by atoms with Crippen LogP contribution in [0, 0.1) is 5.82 Å². The maximum Gasteiger partial charge on any atom is 0.315 e. The van der Waals surface area contributed by atoms with E-state index in [1.165, 1.54) is 13.2 Å². The highest BCUT2D eigenvalue weighted by Crippen LogP contribution is 2.41. The lowest BCUT2D eigenvalue weighted by molar-refractivity contribution is -0.136. The van der Waals surface area contributed by atoms with Crippen LogP contribution in [-0.4, -0.2) is 24.2 Å². The van der Waals surface area contributed by atoms with Gasteiger partial charge in [-0.2, -0.15) is 0 Å². The van der Waals surface area contributed by atoms with Gasteiger partial charge in [0.05, 0.1) is 19.6 Å². The zero-order valence-corrected chi connectivity index (χ0v) is 18.6. The number of rotatable bonds is 9. The van der Waals surface area contributed by atoms with Crippen LogP contribution in [0.3, 0.4) is 0 Å². The monoisotopic (exact) mass is 450 g/mol. The standard InChI is InChI=1S/C26H27FN2O4/c1-3-21(29-26(32)28-16-17-10-6-4-7-11-17)25-19(14-23(30)31)20(27)15-22(33-2)24(25)18-12-8-5-9-13-18/h4-13,15,21H,3,14,16H2,1-2H3,(H,30,31)(H2,28,29,32). The number of nitrogens with one attached hydrogen (secondary N) is 2. The molecule has 0 bridgehead atoms. The number of carbonyl (C=O) groups is 2. The number of carboxylic acids is 1. The van der Waals surface area contributed by atoms with Crippen molar-refractivity contribution in [1.29, 1.82) is 0 Å². The fourth-order valence-corrected chi connectivity index (χ4v) is 3.83. The number of amides is 2. The largest absolute Gasteiger partial charge is 0.496 e. The second-order valence-electron chi connectivity index (χ2n) is 7.54. The lowest BCUT2D eigenvalue weighted by Gasteiger charge is -2.26.